The van der Waals surface area contributed by atoms with Gasteiger partial charge in [0.05, 0.1) is 10.8 Å². The summed E-state index contributed by atoms with van der Waals surface area (Å²) >= 11 is 0. The normalized spacial score (nSPS) is 18.9. The number of anilines is 1. The van der Waals surface area contributed by atoms with Gasteiger partial charge in [-0.3, -0.25) is 14.3 Å². The van der Waals surface area contributed by atoms with Crippen LogP contribution in [0.5, 0.6) is 0 Å². The quantitative estimate of drug-likeness (QED) is 0.567. The lowest BCUT2D eigenvalue weighted by Crippen LogP contribution is -2.47. The van der Waals surface area contributed by atoms with Crippen LogP contribution in [-0.4, -0.2) is 44.3 Å². The maximum absolute atomic E-state index is 13.1. The average Bonchev–Trinajstić information content (AvgIpc) is 3.37. The van der Waals surface area contributed by atoms with E-state index in [9.17, 15) is 18.0 Å². The molecule has 35 heavy (non-hydrogen) atoms. The molecule has 0 bridgehead atoms. The van der Waals surface area contributed by atoms with Gasteiger partial charge in [0.2, 0.25) is 5.91 Å². The molecule has 2 aromatic carbocycles. The predicted octanol–water partition coefficient (Wildman–Crippen LogP) is 4.35. The first-order chi connectivity index (χ1) is 16.9. The maximum Gasteiger partial charge on any atom is 0.261 e. The van der Waals surface area contributed by atoms with E-state index in [0.717, 1.165) is 56.9 Å². The van der Waals surface area contributed by atoms with Crippen LogP contribution >= 0.6 is 0 Å². The fourth-order valence-corrected chi connectivity index (χ4v) is 6.02. The number of nitrogens with one attached hydrogen (secondary N) is 2. The molecule has 2 amide bonds. The second kappa shape index (κ2) is 11.2. The zero-order chi connectivity index (χ0) is 24.8. The molecule has 2 aromatic rings. The van der Waals surface area contributed by atoms with Gasteiger partial charge in [0.15, 0.2) is 0 Å². The summed E-state index contributed by atoms with van der Waals surface area (Å²) in [4.78, 5) is 27.7. The van der Waals surface area contributed by atoms with Crippen molar-refractivity contribution in [1.29, 1.82) is 0 Å². The largest absolute Gasteiger partial charge is 0.353 e. The highest BCUT2D eigenvalue weighted by Gasteiger charge is 2.30. The van der Waals surface area contributed by atoms with Gasteiger partial charge in [0, 0.05) is 30.4 Å². The highest BCUT2D eigenvalue weighted by atomic mass is 32.2. The summed E-state index contributed by atoms with van der Waals surface area (Å²) in [5.74, 6) is -0.255. The highest BCUT2D eigenvalue weighted by Crippen LogP contribution is 2.23. The van der Waals surface area contributed by atoms with E-state index in [4.69, 9.17) is 0 Å². The fraction of sp³-hybridized carbons (Fsp3) is 0.481. The number of carbonyl (C=O) groups is 2. The molecule has 0 unspecified atom stereocenters. The molecule has 1 saturated heterocycles. The summed E-state index contributed by atoms with van der Waals surface area (Å²) < 4.78 is 28.1. The van der Waals surface area contributed by atoms with E-state index < -0.39 is 10.0 Å². The van der Waals surface area contributed by atoms with Crippen molar-refractivity contribution in [3.8, 4) is 0 Å². The van der Waals surface area contributed by atoms with Crippen LogP contribution in [0.15, 0.2) is 53.4 Å². The third-order valence-corrected chi connectivity index (χ3v) is 8.33. The van der Waals surface area contributed by atoms with Crippen molar-refractivity contribution in [2.24, 2.45) is 5.92 Å². The number of amides is 2. The van der Waals surface area contributed by atoms with Crippen molar-refractivity contribution in [3.05, 3.63) is 59.7 Å². The predicted molar refractivity (Wildman–Crippen MR) is 137 cm³/mol. The molecule has 0 spiro atoms. The number of carbonyl (C=O) groups excluding carboxylic acids is 2. The van der Waals surface area contributed by atoms with E-state index in [1.165, 1.54) is 0 Å². The Bertz CT molecular complexity index is 1120. The first kappa shape index (κ1) is 25.2. The number of likely N-dealkylation sites (tertiary alicyclic amines) is 1. The van der Waals surface area contributed by atoms with Crippen LogP contribution in [0.4, 0.5) is 5.69 Å². The summed E-state index contributed by atoms with van der Waals surface area (Å²) in [6.07, 6.45) is 7.91. The summed E-state index contributed by atoms with van der Waals surface area (Å²) in [5.41, 5.74) is 1.98. The van der Waals surface area contributed by atoms with E-state index in [1.54, 1.807) is 41.3 Å². The number of hydrogen-bond donors (Lipinski definition) is 2. The topological polar surface area (TPSA) is 95.6 Å². The van der Waals surface area contributed by atoms with Gasteiger partial charge in [-0.15, -0.1) is 0 Å². The molecule has 2 fully saturated rings. The minimum Gasteiger partial charge on any atom is -0.353 e. The molecule has 0 radical (unpaired) electrons. The Morgan fingerprint density at radius 3 is 2.29 bits per heavy atom. The summed E-state index contributed by atoms with van der Waals surface area (Å²) in [6, 6.07) is 13.6. The molecule has 2 aliphatic rings. The zero-order valence-electron chi connectivity index (χ0n) is 20.3. The molecule has 1 aliphatic heterocycles. The Morgan fingerprint density at radius 2 is 1.63 bits per heavy atom. The lowest BCUT2D eigenvalue weighted by molar-refractivity contribution is -0.127. The number of hydrogen-bond acceptors (Lipinski definition) is 4. The number of rotatable bonds is 8. The lowest BCUT2D eigenvalue weighted by Gasteiger charge is -2.32. The number of aryl methyl sites for hydroxylation is 1. The second-order valence-corrected chi connectivity index (χ2v) is 11.3. The molecule has 1 aliphatic carbocycles. The highest BCUT2D eigenvalue weighted by molar-refractivity contribution is 7.92. The zero-order valence-corrected chi connectivity index (χ0v) is 21.1. The van der Waals surface area contributed by atoms with Crippen LogP contribution in [0.1, 0.15) is 67.8 Å². The molecule has 1 heterocycles. The molecule has 0 aromatic heterocycles. The summed E-state index contributed by atoms with van der Waals surface area (Å²) in [7, 11) is -3.72. The van der Waals surface area contributed by atoms with E-state index in [-0.39, 0.29) is 28.7 Å². The average molecular weight is 498 g/mol. The minimum atomic E-state index is -3.72. The smallest absolute Gasteiger partial charge is 0.261 e. The monoisotopic (exact) mass is 497 g/mol. The molecule has 1 atom stereocenters. The molecule has 8 heteroatoms. The Kier molecular flexibility index (Phi) is 8.11. The molecule has 7 nitrogen and oxygen atoms in total. The standard InChI is InChI=1S/C27H35N3O4S/c1-2-6-20-10-16-25(17-11-20)35(33,34)29-24-14-12-21(13-15-24)27(32)30-18-5-7-22(19-30)26(31)28-23-8-3-4-9-23/h10-17,22-23,29H,2-9,18-19H2,1H3,(H,28,31)/t22-/m0/s1. The van der Waals surface area contributed by atoms with Gasteiger partial charge in [-0.05, 0) is 74.1 Å². The second-order valence-electron chi connectivity index (χ2n) is 9.66. The first-order valence-electron chi connectivity index (χ1n) is 12.7. The molecular formula is C27H35N3O4S. The minimum absolute atomic E-state index is 0.0573. The molecular weight excluding hydrogens is 462 g/mol. The van der Waals surface area contributed by atoms with Crippen molar-refractivity contribution >= 4 is 27.5 Å². The SMILES string of the molecule is CCCc1ccc(S(=O)(=O)Nc2ccc(C(=O)N3CCC[C@H](C(=O)NC4CCCC4)C3)cc2)cc1. The van der Waals surface area contributed by atoms with Crippen molar-refractivity contribution in [3.63, 3.8) is 0 Å². The van der Waals surface area contributed by atoms with Crippen LogP contribution in [0.2, 0.25) is 0 Å². The summed E-state index contributed by atoms with van der Waals surface area (Å²) in [6.45, 7) is 3.12. The van der Waals surface area contributed by atoms with E-state index >= 15 is 0 Å². The Morgan fingerprint density at radius 1 is 0.943 bits per heavy atom. The van der Waals surface area contributed by atoms with Gasteiger partial charge in [0.1, 0.15) is 0 Å². The Labute approximate surface area is 208 Å². The molecule has 188 valence electrons. The number of piperidine rings is 1. The van der Waals surface area contributed by atoms with Crippen LogP contribution in [0.25, 0.3) is 0 Å². The number of benzene rings is 2. The third kappa shape index (κ3) is 6.42. The van der Waals surface area contributed by atoms with E-state index in [1.807, 2.05) is 12.1 Å². The Balaban J connectivity index is 1.36. The van der Waals surface area contributed by atoms with Gasteiger partial charge < -0.3 is 10.2 Å². The van der Waals surface area contributed by atoms with Crippen LogP contribution < -0.4 is 10.0 Å². The first-order valence-corrected chi connectivity index (χ1v) is 14.2. The van der Waals surface area contributed by atoms with Crippen molar-refractivity contribution < 1.29 is 18.0 Å². The number of sulfonamides is 1. The van der Waals surface area contributed by atoms with Crippen molar-refractivity contribution in [1.82, 2.24) is 10.2 Å². The van der Waals surface area contributed by atoms with Gasteiger partial charge in [0.25, 0.3) is 15.9 Å². The fourth-order valence-electron chi connectivity index (χ4n) is 4.97. The molecule has 1 saturated carbocycles. The maximum atomic E-state index is 13.1. The van der Waals surface area contributed by atoms with Crippen LogP contribution in [0, 0.1) is 5.92 Å². The molecule has 2 N–H and O–H groups in total. The number of nitrogens with zero attached hydrogens (tertiary/aromatic N) is 1. The lowest BCUT2D eigenvalue weighted by atomic mass is 9.96. The van der Waals surface area contributed by atoms with E-state index in [2.05, 4.69) is 17.0 Å². The van der Waals surface area contributed by atoms with E-state index in [0.29, 0.717) is 24.3 Å². The van der Waals surface area contributed by atoms with Gasteiger partial charge in [-0.25, -0.2) is 8.42 Å². The Hall–Kier alpha value is -2.87. The van der Waals surface area contributed by atoms with Crippen molar-refractivity contribution in [2.75, 3.05) is 17.8 Å². The summed E-state index contributed by atoms with van der Waals surface area (Å²) in [5, 5.41) is 3.16. The van der Waals surface area contributed by atoms with Crippen LogP contribution in [0.3, 0.4) is 0 Å². The van der Waals surface area contributed by atoms with Crippen molar-refractivity contribution in [2.45, 2.75) is 69.2 Å². The van der Waals surface area contributed by atoms with Gasteiger partial charge >= 0.3 is 0 Å². The van der Waals surface area contributed by atoms with Crippen LogP contribution in [-0.2, 0) is 21.2 Å². The third-order valence-electron chi connectivity index (χ3n) is 6.94. The van der Waals surface area contributed by atoms with Gasteiger partial charge in [-0.2, -0.15) is 0 Å². The molecule has 4 rings (SSSR count). The van der Waals surface area contributed by atoms with Gasteiger partial charge in [-0.1, -0.05) is 38.3 Å².